The van der Waals surface area contributed by atoms with E-state index in [2.05, 4.69) is 0 Å². The summed E-state index contributed by atoms with van der Waals surface area (Å²) < 4.78 is -6.11. The summed E-state index contributed by atoms with van der Waals surface area (Å²) in [7, 11) is 0. The van der Waals surface area contributed by atoms with E-state index >= 15 is 0 Å². The average molecular weight is 660 g/mol. The Morgan fingerprint density at radius 2 is 0.621 bits per heavy atom. The summed E-state index contributed by atoms with van der Waals surface area (Å²) in [6, 6.07) is 10.9. The molecule has 0 aliphatic heterocycles. The molecule has 0 saturated heterocycles. The average Bonchev–Trinajstić information content (AvgIpc) is 2.52. The molecule has 162 valence electrons. The Morgan fingerprint density at radius 1 is 0.379 bits per heavy atom. The van der Waals surface area contributed by atoms with E-state index in [1.54, 1.807) is 24.3 Å². The monoisotopic (exact) mass is 654 g/mol. The van der Waals surface area contributed by atoms with Crippen molar-refractivity contribution < 1.29 is 0 Å². The molecule has 2 rings (SSSR count). The van der Waals surface area contributed by atoms with Crippen LogP contribution in [-0.2, 0) is 15.2 Å². The Hall–Kier alpha value is 2.21. The third kappa shape index (κ3) is 10.3. The van der Waals surface area contributed by atoms with Crippen LogP contribution in [-0.4, -0.2) is 0 Å². The Balaban J connectivity index is 0.000000291. The maximum absolute atomic E-state index is 5.81. The summed E-state index contributed by atoms with van der Waals surface area (Å²) in [5, 5.41) is 0.333. The predicted molar refractivity (Wildman–Crippen MR) is 135 cm³/mol. The Labute approximate surface area is 233 Å². The number of alkyl halides is 12. The molecule has 0 aliphatic rings. The van der Waals surface area contributed by atoms with Crippen molar-refractivity contribution >= 4 is 151 Å². The second-order valence-corrected chi connectivity index (χ2v) is 14.9. The molecule has 2 aromatic carbocycles. The minimum absolute atomic E-state index is 0.333. The van der Waals surface area contributed by atoms with E-state index in [0.29, 0.717) is 27.3 Å². The lowest BCUT2D eigenvalue weighted by Crippen LogP contribution is -2.05. The maximum Gasteiger partial charge on any atom is 0.216 e. The molecule has 0 saturated carbocycles. The fourth-order valence-corrected chi connectivity index (χ4v) is 3.41. The number of halogens is 13. The maximum atomic E-state index is 5.81. The van der Waals surface area contributed by atoms with Crippen LogP contribution in [0.4, 0.5) is 0 Å². The predicted octanol–water partition coefficient (Wildman–Crippen LogP) is 11.3. The molecule has 0 spiro atoms. The minimum Gasteiger partial charge on any atom is -0.0843 e. The summed E-state index contributed by atoms with van der Waals surface area (Å²) in [6.07, 6.45) is 0. The zero-order valence-electron chi connectivity index (χ0n) is 13.5. The lowest BCUT2D eigenvalue weighted by atomic mass is 10.1. The zero-order chi connectivity index (χ0) is 22.8. The van der Waals surface area contributed by atoms with E-state index in [-0.39, 0.29) is 0 Å². The van der Waals surface area contributed by atoms with E-state index < -0.39 is 15.2 Å². The lowest BCUT2D eigenvalue weighted by Gasteiger charge is -2.17. The second-order valence-electron chi connectivity index (χ2n) is 5.30. The second kappa shape index (κ2) is 11.1. The molecule has 0 fully saturated rings. The molecule has 0 nitrogen and oxygen atoms in total. The molecule has 0 atom stereocenters. The van der Waals surface area contributed by atoms with Gasteiger partial charge in [-0.3, -0.25) is 0 Å². The SMILES string of the molecule is ClC(Cl)(Cl)c1ccc(C(Cl)(Cl)Cl)cc1.Clc1cc(C(Cl)(Cl)Cl)cc(C(Cl)(Cl)Cl)c1. The normalized spacial score (nSPS) is 13.0. The molecule has 13 heteroatoms. The minimum atomic E-state index is -1.60. The van der Waals surface area contributed by atoms with Crippen LogP contribution >= 0.6 is 151 Å². The smallest absolute Gasteiger partial charge is 0.0843 e. The lowest BCUT2D eigenvalue weighted by molar-refractivity contribution is 1.17. The van der Waals surface area contributed by atoms with Crippen LogP contribution in [0.2, 0.25) is 5.02 Å². The number of hydrogen-bond donors (Lipinski definition) is 0. The van der Waals surface area contributed by atoms with E-state index in [4.69, 9.17) is 151 Å². The molecule has 0 aliphatic carbocycles. The van der Waals surface area contributed by atoms with Gasteiger partial charge in [0.15, 0.2) is 0 Å². The van der Waals surface area contributed by atoms with Crippen LogP contribution in [0.25, 0.3) is 0 Å². The Bertz CT molecular complexity index is 740. The van der Waals surface area contributed by atoms with Gasteiger partial charge in [-0.25, -0.2) is 0 Å². The summed E-state index contributed by atoms with van der Waals surface area (Å²) in [5.41, 5.74) is 1.75. The van der Waals surface area contributed by atoms with Crippen molar-refractivity contribution in [2.75, 3.05) is 0 Å². The van der Waals surface area contributed by atoms with Crippen molar-refractivity contribution in [2.24, 2.45) is 0 Å². The summed E-state index contributed by atoms with van der Waals surface area (Å²) in [6.45, 7) is 0. The highest BCUT2D eigenvalue weighted by Crippen LogP contribution is 2.45. The van der Waals surface area contributed by atoms with Gasteiger partial charge in [0.05, 0.1) is 0 Å². The molecule has 0 N–H and O–H groups in total. The van der Waals surface area contributed by atoms with Crippen LogP contribution in [0, 0.1) is 0 Å². The number of benzene rings is 2. The van der Waals surface area contributed by atoms with Crippen LogP contribution in [0.1, 0.15) is 22.3 Å². The van der Waals surface area contributed by atoms with Gasteiger partial charge in [0, 0.05) is 27.3 Å². The molecule has 29 heavy (non-hydrogen) atoms. The van der Waals surface area contributed by atoms with Crippen LogP contribution in [0.3, 0.4) is 0 Å². The molecule has 0 bridgehead atoms. The molecule has 0 amide bonds. The summed E-state index contributed by atoms with van der Waals surface area (Å²) in [5.74, 6) is 0. The standard InChI is InChI=1S/C8H3Cl7.C8H4Cl6/c9-6-2-4(7(10,11)12)1-5(3-6)8(13,14)15;9-7(10,11)5-1-2-6(4-3-5)8(12,13)14/h1-3H;1-4H. The topological polar surface area (TPSA) is 0 Å². The first-order valence-corrected chi connectivity index (χ1v) is 11.9. The first-order chi connectivity index (χ1) is 12.8. The largest absolute Gasteiger partial charge is 0.216 e. The quantitative estimate of drug-likeness (QED) is 0.247. The Morgan fingerprint density at radius 3 is 0.828 bits per heavy atom. The van der Waals surface area contributed by atoms with Crippen molar-refractivity contribution in [2.45, 2.75) is 15.2 Å². The summed E-state index contributed by atoms with van der Waals surface area (Å²) >= 11 is 73.9. The fraction of sp³-hybridized carbons (Fsp3) is 0.250. The van der Waals surface area contributed by atoms with Gasteiger partial charge in [-0.2, -0.15) is 0 Å². The number of rotatable bonds is 0. The summed E-state index contributed by atoms with van der Waals surface area (Å²) in [4.78, 5) is 0. The Kier molecular flexibility index (Phi) is 11.2. The highest BCUT2D eigenvalue weighted by Gasteiger charge is 2.29. The van der Waals surface area contributed by atoms with Gasteiger partial charge in [-0.1, -0.05) is 175 Å². The third-order valence-electron chi connectivity index (χ3n) is 3.09. The molecule has 0 unspecified atom stereocenters. The van der Waals surface area contributed by atoms with Crippen molar-refractivity contribution in [1.29, 1.82) is 0 Å². The van der Waals surface area contributed by atoms with Crippen molar-refractivity contribution in [3.63, 3.8) is 0 Å². The van der Waals surface area contributed by atoms with Gasteiger partial charge in [0.25, 0.3) is 0 Å². The molecular weight excluding hydrogens is 653 g/mol. The highest BCUT2D eigenvalue weighted by atomic mass is 35.6. The molecular formula is C16H7Cl13. The van der Waals surface area contributed by atoms with Gasteiger partial charge < -0.3 is 0 Å². The number of hydrogen-bond acceptors (Lipinski definition) is 0. The molecule has 0 aromatic heterocycles. The third-order valence-corrected chi connectivity index (χ3v) is 5.93. The highest BCUT2D eigenvalue weighted by molar-refractivity contribution is 6.68. The van der Waals surface area contributed by atoms with E-state index in [1.807, 2.05) is 0 Å². The van der Waals surface area contributed by atoms with Gasteiger partial charge in [-0.15, -0.1) is 0 Å². The van der Waals surface area contributed by atoms with Crippen molar-refractivity contribution in [1.82, 2.24) is 0 Å². The van der Waals surface area contributed by atoms with Gasteiger partial charge >= 0.3 is 0 Å². The fourth-order valence-electron chi connectivity index (χ4n) is 1.77. The molecule has 0 radical (unpaired) electrons. The van der Waals surface area contributed by atoms with E-state index in [9.17, 15) is 0 Å². The zero-order valence-corrected chi connectivity index (χ0v) is 23.3. The van der Waals surface area contributed by atoms with E-state index in [0.717, 1.165) is 0 Å². The van der Waals surface area contributed by atoms with Crippen LogP contribution in [0.5, 0.6) is 0 Å². The van der Waals surface area contributed by atoms with Crippen LogP contribution in [0.15, 0.2) is 42.5 Å². The molecule has 2 aromatic rings. The first kappa shape index (κ1) is 29.2. The first-order valence-electron chi connectivity index (χ1n) is 7.01. The van der Waals surface area contributed by atoms with E-state index in [1.165, 1.54) is 18.2 Å². The van der Waals surface area contributed by atoms with Crippen molar-refractivity contribution in [3.8, 4) is 0 Å². The van der Waals surface area contributed by atoms with Crippen LogP contribution < -0.4 is 0 Å². The van der Waals surface area contributed by atoms with Crippen molar-refractivity contribution in [3.05, 3.63) is 69.7 Å². The van der Waals surface area contributed by atoms with Gasteiger partial charge in [0.2, 0.25) is 15.2 Å². The van der Waals surface area contributed by atoms with Gasteiger partial charge in [0.1, 0.15) is 0 Å². The van der Waals surface area contributed by atoms with Gasteiger partial charge in [-0.05, 0) is 18.2 Å². The molecule has 0 heterocycles.